The maximum Gasteiger partial charge on any atom is 0.407 e. The number of pyridine rings is 3. The van der Waals surface area contributed by atoms with Crippen molar-refractivity contribution < 1.29 is 29.3 Å². The van der Waals surface area contributed by atoms with Gasteiger partial charge in [0.2, 0.25) is 11.8 Å². The molecule has 7 rings (SSSR count). The van der Waals surface area contributed by atoms with Gasteiger partial charge in [-0.05, 0) is 49.9 Å². The number of likely N-dealkylation sites (tertiary alicyclic amines) is 1. The van der Waals surface area contributed by atoms with Gasteiger partial charge >= 0.3 is 6.09 Å². The number of carbonyl (C=O) groups excluding carboxylic acids is 1. The average molecular weight is 776 g/mol. The molecule has 2 aliphatic rings. The number of rotatable bonds is 12. The highest BCUT2D eigenvalue weighted by Gasteiger charge is 2.39. The Morgan fingerprint density at radius 1 is 1.02 bits per heavy atom. The molecular formula is C38H40Cl2N8O6. The molecule has 0 spiro atoms. The van der Waals surface area contributed by atoms with Crippen LogP contribution >= 0.6 is 23.2 Å². The number of ether oxygens (including phenoxy) is 2. The molecule has 4 aromatic heterocycles. The van der Waals surface area contributed by atoms with E-state index < -0.39 is 11.7 Å². The van der Waals surface area contributed by atoms with Crippen LogP contribution < -0.4 is 14.8 Å². The van der Waals surface area contributed by atoms with Crippen molar-refractivity contribution in [2.45, 2.75) is 57.3 Å². The SMILES string of the molecule is COc1nc(-c2cccc(-c3ccnc(-c4cc(OC)c5nc(CNCC6(O)CC6)nn5c4)c3Cl)c2Cl)ccc1CN(C(=O)O)C1CCN(C(C)=O)CC1. The zero-order chi connectivity index (χ0) is 38.1. The first-order valence-electron chi connectivity index (χ1n) is 17.6. The van der Waals surface area contributed by atoms with Gasteiger partial charge in [0.1, 0.15) is 0 Å². The second-order valence-corrected chi connectivity index (χ2v) is 14.4. The first-order valence-corrected chi connectivity index (χ1v) is 18.3. The standard InChI is InChI=1S/C38H40Cl2N8O6/c1-22(49)46-15-10-25(11-16-46)47(37(50)51)19-23-7-8-29(43-36(23)54-3)28-6-4-5-26(32(28)39)27-9-14-42-34(33(27)40)24-17-30(53-2)35-44-31(45-48(35)20-24)18-41-21-38(52)12-13-38/h4-9,14,17,20,25,41,52H,10-13,15-16,18-19,21H2,1-3H3,(H,50,51). The topological polar surface area (TPSA) is 168 Å². The molecule has 2 amide bonds. The zero-order valence-electron chi connectivity index (χ0n) is 30.1. The number of aromatic nitrogens is 5. The van der Waals surface area contributed by atoms with Crippen LogP contribution in [0.4, 0.5) is 4.79 Å². The van der Waals surface area contributed by atoms with E-state index in [-0.39, 0.29) is 24.4 Å². The molecule has 3 N–H and O–H groups in total. The Balaban J connectivity index is 1.15. The van der Waals surface area contributed by atoms with Crippen molar-refractivity contribution in [2.75, 3.05) is 33.9 Å². The molecule has 16 heteroatoms. The highest BCUT2D eigenvalue weighted by molar-refractivity contribution is 6.39. The fourth-order valence-electron chi connectivity index (χ4n) is 6.82. The van der Waals surface area contributed by atoms with Crippen molar-refractivity contribution in [3.63, 3.8) is 0 Å². The van der Waals surface area contributed by atoms with E-state index >= 15 is 0 Å². The Labute approximate surface area is 321 Å². The number of amides is 2. The number of piperidine rings is 1. The largest absolute Gasteiger partial charge is 0.493 e. The summed E-state index contributed by atoms with van der Waals surface area (Å²) in [6.07, 6.45) is 5.08. The van der Waals surface area contributed by atoms with Gasteiger partial charge in [0.15, 0.2) is 17.2 Å². The van der Waals surface area contributed by atoms with Gasteiger partial charge in [-0.15, -0.1) is 5.10 Å². The zero-order valence-corrected chi connectivity index (χ0v) is 31.6. The molecule has 0 unspecified atom stereocenters. The lowest BCUT2D eigenvalue weighted by Crippen LogP contribution is -2.47. The summed E-state index contributed by atoms with van der Waals surface area (Å²) in [5.74, 6) is 1.31. The van der Waals surface area contributed by atoms with E-state index in [1.54, 1.807) is 47.1 Å². The summed E-state index contributed by atoms with van der Waals surface area (Å²) in [6.45, 7) is 3.48. The normalized spacial score (nSPS) is 15.3. The molecule has 2 fully saturated rings. The number of carboxylic acid groups (broad SMARTS) is 1. The maximum absolute atomic E-state index is 12.3. The summed E-state index contributed by atoms with van der Waals surface area (Å²) < 4.78 is 13.0. The predicted octanol–water partition coefficient (Wildman–Crippen LogP) is 5.95. The number of hydrogen-bond acceptors (Lipinski definition) is 10. The molecule has 1 aliphatic heterocycles. The van der Waals surface area contributed by atoms with Gasteiger partial charge in [-0.2, -0.15) is 0 Å². The quantitative estimate of drug-likeness (QED) is 0.137. The van der Waals surface area contributed by atoms with Crippen LogP contribution in [0.25, 0.3) is 39.3 Å². The molecule has 1 aromatic carbocycles. The fraction of sp³-hybridized carbons (Fsp3) is 0.368. The number of nitrogens with one attached hydrogen (secondary N) is 1. The number of methoxy groups -OCH3 is 2. The summed E-state index contributed by atoms with van der Waals surface area (Å²) in [7, 11) is 3.05. The van der Waals surface area contributed by atoms with Crippen LogP contribution in [0, 0.1) is 0 Å². The van der Waals surface area contributed by atoms with Crippen LogP contribution in [0.5, 0.6) is 11.6 Å². The van der Waals surface area contributed by atoms with Gasteiger partial charge in [0, 0.05) is 72.8 Å². The van der Waals surface area contributed by atoms with Gasteiger partial charge in [-0.25, -0.2) is 19.3 Å². The van der Waals surface area contributed by atoms with Crippen molar-refractivity contribution in [2.24, 2.45) is 0 Å². The minimum absolute atomic E-state index is 0.0126. The van der Waals surface area contributed by atoms with Gasteiger partial charge in [0.25, 0.3) is 0 Å². The first kappa shape index (κ1) is 37.3. The average Bonchev–Trinajstić information content (AvgIpc) is 3.76. The highest BCUT2D eigenvalue weighted by Crippen LogP contribution is 2.42. The third kappa shape index (κ3) is 7.65. The molecular weight excluding hydrogens is 735 g/mol. The summed E-state index contributed by atoms with van der Waals surface area (Å²) in [4.78, 5) is 41.2. The third-order valence-corrected chi connectivity index (χ3v) is 10.8. The molecule has 5 aromatic rings. The second-order valence-electron chi connectivity index (χ2n) is 13.6. The minimum Gasteiger partial charge on any atom is -0.493 e. The van der Waals surface area contributed by atoms with Crippen molar-refractivity contribution >= 4 is 40.8 Å². The predicted molar refractivity (Wildman–Crippen MR) is 203 cm³/mol. The lowest BCUT2D eigenvalue weighted by molar-refractivity contribution is -0.130. The van der Waals surface area contributed by atoms with Crippen LogP contribution in [-0.2, 0) is 17.9 Å². The van der Waals surface area contributed by atoms with Crippen molar-refractivity contribution in [1.82, 2.24) is 39.7 Å². The monoisotopic (exact) mass is 774 g/mol. The molecule has 54 heavy (non-hydrogen) atoms. The Hall–Kier alpha value is -5.02. The van der Waals surface area contributed by atoms with E-state index in [1.165, 1.54) is 18.9 Å². The molecule has 1 saturated heterocycles. The van der Waals surface area contributed by atoms with Crippen LogP contribution in [0.15, 0.2) is 54.9 Å². The van der Waals surface area contributed by atoms with Crippen LogP contribution in [0.1, 0.15) is 44.0 Å². The van der Waals surface area contributed by atoms with Crippen LogP contribution in [-0.4, -0.2) is 102 Å². The Morgan fingerprint density at radius 3 is 2.44 bits per heavy atom. The maximum atomic E-state index is 12.3. The molecule has 1 aliphatic carbocycles. The van der Waals surface area contributed by atoms with Gasteiger partial charge in [-0.1, -0.05) is 41.4 Å². The van der Waals surface area contributed by atoms with E-state index in [4.69, 9.17) is 37.7 Å². The number of benzene rings is 1. The molecule has 0 atom stereocenters. The molecule has 5 heterocycles. The lowest BCUT2D eigenvalue weighted by atomic mass is 9.99. The minimum atomic E-state index is -1.05. The lowest BCUT2D eigenvalue weighted by Gasteiger charge is -2.37. The van der Waals surface area contributed by atoms with Crippen molar-refractivity contribution in [1.29, 1.82) is 0 Å². The van der Waals surface area contributed by atoms with Gasteiger partial charge in [0.05, 0.1) is 54.3 Å². The fourth-order valence-corrected chi connectivity index (χ4v) is 7.47. The van der Waals surface area contributed by atoms with E-state index in [2.05, 4.69) is 20.4 Å². The Bertz CT molecular complexity index is 2220. The molecule has 0 radical (unpaired) electrons. The van der Waals surface area contributed by atoms with Gasteiger partial charge < -0.3 is 34.8 Å². The Kier molecular flexibility index (Phi) is 10.6. The number of hydrogen-bond donors (Lipinski definition) is 3. The second kappa shape index (κ2) is 15.4. The summed E-state index contributed by atoms with van der Waals surface area (Å²) in [5, 5.41) is 28.9. The Morgan fingerprint density at radius 2 is 1.76 bits per heavy atom. The highest BCUT2D eigenvalue weighted by atomic mass is 35.5. The van der Waals surface area contributed by atoms with E-state index in [1.807, 2.05) is 24.3 Å². The summed E-state index contributed by atoms with van der Waals surface area (Å²) >= 11 is 14.2. The van der Waals surface area contributed by atoms with E-state index in [9.17, 15) is 19.8 Å². The third-order valence-electron chi connectivity index (χ3n) is 10.0. The van der Waals surface area contributed by atoms with Crippen LogP contribution in [0.3, 0.4) is 0 Å². The number of aliphatic hydroxyl groups is 1. The number of fused-ring (bicyclic) bond motifs is 1. The van der Waals surface area contributed by atoms with Crippen molar-refractivity contribution in [3.8, 4) is 45.3 Å². The molecule has 282 valence electrons. The molecule has 0 bridgehead atoms. The summed E-state index contributed by atoms with van der Waals surface area (Å²) in [5.41, 5.74) is 4.10. The first-order chi connectivity index (χ1) is 26.0. The summed E-state index contributed by atoms with van der Waals surface area (Å²) in [6, 6.07) is 12.5. The molecule has 1 saturated carbocycles. The number of halogens is 2. The van der Waals surface area contributed by atoms with Crippen LogP contribution in [0.2, 0.25) is 10.0 Å². The smallest absolute Gasteiger partial charge is 0.407 e. The van der Waals surface area contributed by atoms with E-state index in [0.29, 0.717) is 105 Å². The van der Waals surface area contributed by atoms with E-state index in [0.717, 1.165) is 12.8 Å². The van der Waals surface area contributed by atoms with Crippen molar-refractivity contribution in [3.05, 3.63) is 76.3 Å². The number of nitrogens with zero attached hydrogens (tertiary/aromatic N) is 7. The number of carbonyl (C=O) groups is 2. The molecule has 14 nitrogen and oxygen atoms in total. The van der Waals surface area contributed by atoms with Gasteiger partial charge in [-0.3, -0.25) is 9.78 Å².